The first-order valence-corrected chi connectivity index (χ1v) is 11.0. The lowest BCUT2D eigenvalue weighted by atomic mass is 9.85. The van der Waals surface area contributed by atoms with E-state index in [-0.39, 0.29) is 5.78 Å². The number of hydrogen-bond acceptors (Lipinski definition) is 8. The van der Waals surface area contributed by atoms with Crippen molar-refractivity contribution >= 4 is 11.7 Å². The van der Waals surface area contributed by atoms with Gasteiger partial charge in [0.25, 0.3) is 0 Å². The molecule has 5 rings (SSSR count). The number of rotatable bonds is 6. The van der Waals surface area contributed by atoms with Crippen LogP contribution >= 0.6 is 0 Å². The number of hydrogen-bond donors (Lipinski definition) is 1. The second kappa shape index (κ2) is 8.74. The third kappa shape index (κ3) is 3.44. The smallest absolute Gasteiger partial charge is 0.226 e. The Morgan fingerprint density at radius 2 is 1.74 bits per heavy atom. The van der Waals surface area contributed by atoms with E-state index < -0.39 is 6.04 Å². The SMILES string of the molecule is COc1ccc(-c2nc3n(n2)C(c2cccc(OC)c2OC)C2=C(CCCC2=O)N3)cc1OC. The van der Waals surface area contributed by atoms with Crippen molar-refractivity contribution < 1.29 is 23.7 Å². The van der Waals surface area contributed by atoms with Gasteiger partial charge in [-0.25, -0.2) is 4.68 Å². The van der Waals surface area contributed by atoms with Crippen LogP contribution in [0.2, 0.25) is 0 Å². The van der Waals surface area contributed by atoms with Gasteiger partial charge in [-0.2, -0.15) is 4.98 Å². The summed E-state index contributed by atoms with van der Waals surface area (Å²) in [6.07, 6.45) is 2.06. The fraction of sp³-hybridized carbons (Fsp3) is 0.320. The van der Waals surface area contributed by atoms with Gasteiger partial charge in [0.15, 0.2) is 34.6 Å². The maximum Gasteiger partial charge on any atom is 0.226 e. The first kappa shape index (κ1) is 21.8. The molecule has 0 bridgehead atoms. The van der Waals surface area contributed by atoms with Gasteiger partial charge >= 0.3 is 0 Å². The zero-order valence-electron chi connectivity index (χ0n) is 19.5. The summed E-state index contributed by atoms with van der Waals surface area (Å²) < 4.78 is 23.8. The lowest BCUT2D eigenvalue weighted by molar-refractivity contribution is -0.116. The zero-order chi connectivity index (χ0) is 23.8. The van der Waals surface area contributed by atoms with E-state index in [9.17, 15) is 4.79 Å². The normalized spacial score (nSPS) is 16.9. The van der Waals surface area contributed by atoms with E-state index in [4.69, 9.17) is 29.0 Å². The van der Waals surface area contributed by atoms with E-state index in [2.05, 4.69) is 5.32 Å². The summed E-state index contributed by atoms with van der Waals surface area (Å²) >= 11 is 0. The molecule has 1 atom stereocenters. The van der Waals surface area contributed by atoms with Gasteiger partial charge in [-0.15, -0.1) is 5.10 Å². The standard InChI is InChI=1S/C25H26N4O5/c1-31-18-12-11-14(13-20(18)33-3)24-27-25-26-16-8-6-9-17(30)21(16)22(29(25)28-24)15-7-5-10-19(32-2)23(15)34-4/h5,7,10-13,22H,6,8-9H2,1-4H3,(H,26,27,28). The molecule has 1 aromatic heterocycles. The molecule has 1 unspecified atom stereocenters. The molecule has 9 heteroatoms. The van der Waals surface area contributed by atoms with Gasteiger partial charge < -0.3 is 24.3 Å². The number of carbonyl (C=O) groups is 1. The molecule has 1 aliphatic carbocycles. The number of ether oxygens (including phenoxy) is 4. The molecule has 0 radical (unpaired) electrons. The number of nitrogens with one attached hydrogen (secondary N) is 1. The van der Waals surface area contributed by atoms with Crippen molar-refractivity contribution in [3.05, 3.63) is 53.2 Å². The van der Waals surface area contributed by atoms with Crippen molar-refractivity contribution in [2.75, 3.05) is 33.8 Å². The Bertz CT molecular complexity index is 1300. The fourth-order valence-electron chi connectivity index (χ4n) is 4.67. The van der Waals surface area contributed by atoms with Gasteiger partial charge in [0.2, 0.25) is 5.95 Å². The van der Waals surface area contributed by atoms with E-state index >= 15 is 0 Å². The second-order valence-corrected chi connectivity index (χ2v) is 8.05. The lowest BCUT2D eigenvalue weighted by Gasteiger charge is -2.32. The van der Waals surface area contributed by atoms with Crippen LogP contribution in [0, 0.1) is 0 Å². The monoisotopic (exact) mass is 462 g/mol. The van der Waals surface area contributed by atoms with Crippen LogP contribution < -0.4 is 24.3 Å². The number of Topliss-reactive ketones (excluding diaryl/α,β-unsaturated/α-hetero) is 1. The molecule has 9 nitrogen and oxygen atoms in total. The topological polar surface area (TPSA) is 96.7 Å². The highest BCUT2D eigenvalue weighted by Crippen LogP contribution is 2.45. The zero-order valence-corrected chi connectivity index (χ0v) is 19.5. The number of aromatic nitrogens is 3. The van der Waals surface area contributed by atoms with Crippen LogP contribution in [-0.2, 0) is 4.79 Å². The van der Waals surface area contributed by atoms with Crippen LogP contribution in [0.15, 0.2) is 47.7 Å². The highest BCUT2D eigenvalue weighted by Gasteiger charge is 2.38. The largest absolute Gasteiger partial charge is 0.493 e. The van der Waals surface area contributed by atoms with Gasteiger partial charge in [0.1, 0.15) is 6.04 Å². The first-order chi connectivity index (χ1) is 16.6. The first-order valence-electron chi connectivity index (χ1n) is 11.0. The fourth-order valence-corrected chi connectivity index (χ4v) is 4.67. The third-order valence-electron chi connectivity index (χ3n) is 6.24. The summed E-state index contributed by atoms with van der Waals surface area (Å²) in [5.74, 6) is 3.52. The molecule has 3 aromatic rings. The number of methoxy groups -OCH3 is 4. The Kier molecular flexibility index (Phi) is 5.61. The molecule has 2 heterocycles. The molecule has 0 saturated heterocycles. The summed E-state index contributed by atoms with van der Waals surface area (Å²) in [6, 6.07) is 10.7. The number of carbonyl (C=O) groups excluding carboxylic acids is 1. The highest BCUT2D eigenvalue weighted by atomic mass is 16.5. The molecule has 0 fully saturated rings. The highest BCUT2D eigenvalue weighted by molar-refractivity contribution is 5.99. The summed E-state index contributed by atoms with van der Waals surface area (Å²) in [5.41, 5.74) is 3.12. The number of anilines is 1. The quantitative estimate of drug-likeness (QED) is 0.587. The average Bonchev–Trinajstić information content (AvgIpc) is 3.30. The number of fused-ring (bicyclic) bond motifs is 1. The summed E-state index contributed by atoms with van der Waals surface area (Å²) in [4.78, 5) is 17.9. The van der Waals surface area contributed by atoms with Crippen molar-refractivity contribution in [2.24, 2.45) is 0 Å². The van der Waals surface area contributed by atoms with Crippen LogP contribution in [0.5, 0.6) is 23.0 Å². The van der Waals surface area contributed by atoms with E-state index in [1.165, 1.54) is 0 Å². The van der Waals surface area contributed by atoms with Gasteiger partial charge in [0, 0.05) is 28.8 Å². The van der Waals surface area contributed by atoms with Crippen LogP contribution in [-0.4, -0.2) is 49.0 Å². The van der Waals surface area contributed by atoms with Crippen LogP contribution in [0.25, 0.3) is 11.4 Å². The van der Waals surface area contributed by atoms with Gasteiger partial charge in [-0.1, -0.05) is 12.1 Å². The molecular weight excluding hydrogens is 436 g/mol. The minimum Gasteiger partial charge on any atom is -0.493 e. The second-order valence-electron chi connectivity index (χ2n) is 8.05. The lowest BCUT2D eigenvalue weighted by Crippen LogP contribution is -2.31. The summed E-state index contributed by atoms with van der Waals surface area (Å²) in [6.45, 7) is 0. The molecule has 1 N–H and O–H groups in total. The van der Waals surface area contributed by atoms with Gasteiger partial charge in [-0.05, 0) is 37.1 Å². The van der Waals surface area contributed by atoms with Gasteiger partial charge in [0.05, 0.1) is 28.4 Å². The minimum absolute atomic E-state index is 0.0949. The Hall–Kier alpha value is -4.01. The van der Waals surface area contributed by atoms with Crippen LogP contribution in [0.1, 0.15) is 30.9 Å². The Balaban J connectivity index is 1.69. The minimum atomic E-state index is -0.495. The number of benzene rings is 2. The average molecular weight is 463 g/mol. The number of nitrogens with zero attached hydrogens (tertiary/aromatic N) is 3. The molecule has 176 valence electrons. The van der Waals surface area contributed by atoms with Gasteiger partial charge in [-0.3, -0.25) is 4.79 Å². The maximum absolute atomic E-state index is 13.1. The molecule has 34 heavy (non-hydrogen) atoms. The predicted octanol–water partition coefficient (Wildman–Crippen LogP) is 4.00. The van der Waals surface area contributed by atoms with Crippen molar-refractivity contribution in [1.82, 2.24) is 14.8 Å². The number of para-hydroxylation sites is 1. The summed E-state index contributed by atoms with van der Waals surface area (Å²) in [7, 11) is 6.37. The van der Waals surface area contributed by atoms with E-state index in [1.54, 1.807) is 33.1 Å². The maximum atomic E-state index is 13.1. The molecule has 0 amide bonds. The number of allylic oxidation sites excluding steroid dienone is 2. The Morgan fingerprint density at radius 1 is 0.941 bits per heavy atom. The van der Waals surface area contributed by atoms with Crippen molar-refractivity contribution in [1.29, 1.82) is 0 Å². The molecule has 2 aliphatic rings. The van der Waals surface area contributed by atoms with E-state index in [0.717, 1.165) is 29.7 Å². The molecule has 2 aromatic carbocycles. The number of ketones is 1. The Morgan fingerprint density at radius 3 is 2.47 bits per heavy atom. The molecular formula is C25H26N4O5. The van der Waals surface area contributed by atoms with E-state index in [0.29, 0.717) is 46.8 Å². The van der Waals surface area contributed by atoms with Crippen molar-refractivity contribution in [3.8, 4) is 34.4 Å². The van der Waals surface area contributed by atoms with Crippen LogP contribution in [0.3, 0.4) is 0 Å². The Labute approximate surface area is 197 Å². The van der Waals surface area contributed by atoms with Crippen molar-refractivity contribution in [2.45, 2.75) is 25.3 Å². The molecule has 0 spiro atoms. The van der Waals surface area contributed by atoms with E-state index in [1.807, 2.05) is 36.4 Å². The molecule has 1 aliphatic heterocycles. The third-order valence-corrected chi connectivity index (χ3v) is 6.24. The van der Waals surface area contributed by atoms with Crippen molar-refractivity contribution in [3.63, 3.8) is 0 Å². The summed E-state index contributed by atoms with van der Waals surface area (Å²) in [5, 5.41) is 8.19. The van der Waals surface area contributed by atoms with Crippen LogP contribution in [0.4, 0.5) is 5.95 Å². The predicted molar refractivity (Wildman–Crippen MR) is 126 cm³/mol. The molecule has 0 saturated carbocycles.